The summed E-state index contributed by atoms with van der Waals surface area (Å²) in [5.41, 5.74) is 0. The van der Waals surface area contributed by atoms with E-state index in [1.807, 2.05) is 12.1 Å². The Morgan fingerprint density at radius 1 is 1.28 bits per heavy atom. The summed E-state index contributed by atoms with van der Waals surface area (Å²) in [4.78, 5) is 7.37. The van der Waals surface area contributed by atoms with E-state index in [2.05, 4.69) is 36.3 Å². The minimum absolute atomic E-state index is 0.476. The van der Waals surface area contributed by atoms with Gasteiger partial charge in [0.15, 0.2) is 5.96 Å². The van der Waals surface area contributed by atoms with Crippen LogP contribution in [0.5, 0.6) is 0 Å². The smallest absolute Gasteiger partial charge is 0.191 e. The molecule has 1 aromatic heterocycles. The molecule has 6 nitrogen and oxygen atoms in total. The average Bonchev–Trinajstić information content (AvgIpc) is 3.12. The molecule has 2 heterocycles. The molecule has 0 amide bonds. The third kappa shape index (κ3) is 7.48. The van der Waals surface area contributed by atoms with Gasteiger partial charge in [0, 0.05) is 38.6 Å². The number of ether oxygens (including phenoxy) is 1. The van der Waals surface area contributed by atoms with Crippen LogP contribution in [-0.4, -0.2) is 62.8 Å². The Bertz CT molecular complexity index is 482. The van der Waals surface area contributed by atoms with Crippen LogP contribution in [0.15, 0.2) is 27.8 Å². The van der Waals surface area contributed by atoms with E-state index in [0.717, 1.165) is 70.5 Å². The summed E-state index contributed by atoms with van der Waals surface area (Å²) in [7, 11) is 0. The molecule has 0 bridgehead atoms. The highest BCUT2D eigenvalue weighted by Gasteiger charge is 2.21. The van der Waals surface area contributed by atoms with Gasteiger partial charge in [0.2, 0.25) is 0 Å². The molecular formula is C19H34N4O2. The van der Waals surface area contributed by atoms with Crippen molar-refractivity contribution in [1.82, 2.24) is 15.5 Å². The van der Waals surface area contributed by atoms with E-state index >= 15 is 0 Å². The highest BCUT2D eigenvalue weighted by atomic mass is 16.5. The third-order valence-corrected chi connectivity index (χ3v) is 4.35. The summed E-state index contributed by atoms with van der Waals surface area (Å²) >= 11 is 0. The molecule has 2 rings (SSSR count). The maximum absolute atomic E-state index is 5.50. The van der Waals surface area contributed by atoms with Gasteiger partial charge in [-0.3, -0.25) is 9.89 Å². The lowest BCUT2D eigenvalue weighted by Gasteiger charge is -2.34. The van der Waals surface area contributed by atoms with E-state index in [9.17, 15) is 0 Å². The summed E-state index contributed by atoms with van der Waals surface area (Å²) in [6.45, 7) is 12.8. The fourth-order valence-corrected chi connectivity index (χ4v) is 3.12. The molecule has 2 N–H and O–H groups in total. The molecule has 0 radical (unpaired) electrons. The number of hydrogen-bond donors (Lipinski definition) is 2. The van der Waals surface area contributed by atoms with Gasteiger partial charge in [-0.25, -0.2) is 0 Å². The van der Waals surface area contributed by atoms with Crippen LogP contribution in [0.2, 0.25) is 0 Å². The Balaban J connectivity index is 1.87. The second kappa shape index (κ2) is 11.2. The number of furan rings is 1. The van der Waals surface area contributed by atoms with E-state index in [1.165, 1.54) is 0 Å². The minimum atomic E-state index is 0.476. The van der Waals surface area contributed by atoms with Gasteiger partial charge in [-0.2, -0.15) is 0 Å². The summed E-state index contributed by atoms with van der Waals surface area (Å²) in [6, 6.07) is 4.40. The molecule has 0 aromatic carbocycles. The SMILES string of the molecule is CCNC(=NCC(CC(C)C)N1CCOCC1)NCCc1ccco1. The first kappa shape index (κ1) is 19.8. The third-order valence-electron chi connectivity index (χ3n) is 4.35. The van der Waals surface area contributed by atoms with Crippen molar-refractivity contribution in [3.8, 4) is 0 Å². The average molecular weight is 351 g/mol. The number of aliphatic imine (C=N–C) groups is 1. The first-order chi connectivity index (χ1) is 12.2. The largest absolute Gasteiger partial charge is 0.469 e. The fraction of sp³-hybridized carbons (Fsp3) is 0.737. The molecule has 1 aliphatic rings. The molecule has 1 aromatic rings. The van der Waals surface area contributed by atoms with Crippen LogP contribution in [-0.2, 0) is 11.2 Å². The van der Waals surface area contributed by atoms with Crippen molar-refractivity contribution in [3.63, 3.8) is 0 Å². The van der Waals surface area contributed by atoms with Crippen molar-refractivity contribution >= 4 is 5.96 Å². The second-order valence-electron chi connectivity index (χ2n) is 6.91. The molecule has 1 unspecified atom stereocenters. The van der Waals surface area contributed by atoms with E-state index in [0.29, 0.717) is 12.0 Å². The monoisotopic (exact) mass is 350 g/mol. The molecule has 1 atom stereocenters. The number of rotatable bonds is 9. The number of hydrogen-bond acceptors (Lipinski definition) is 4. The van der Waals surface area contributed by atoms with E-state index in [-0.39, 0.29) is 0 Å². The molecule has 25 heavy (non-hydrogen) atoms. The van der Waals surface area contributed by atoms with Crippen LogP contribution in [0.25, 0.3) is 0 Å². The zero-order chi connectivity index (χ0) is 17.9. The van der Waals surface area contributed by atoms with Gasteiger partial charge in [0.05, 0.1) is 26.0 Å². The first-order valence-electron chi connectivity index (χ1n) is 9.55. The lowest BCUT2D eigenvalue weighted by atomic mass is 10.0. The number of nitrogens with zero attached hydrogens (tertiary/aromatic N) is 2. The van der Waals surface area contributed by atoms with E-state index in [4.69, 9.17) is 14.1 Å². The van der Waals surface area contributed by atoms with Crippen LogP contribution >= 0.6 is 0 Å². The first-order valence-corrected chi connectivity index (χ1v) is 9.55. The molecular weight excluding hydrogens is 316 g/mol. The highest BCUT2D eigenvalue weighted by molar-refractivity contribution is 5.79. The quantitative estimate of drug-likeness (QED) is 0.528. The number of guanidine groups is 1. The maximum atomic E-state index is 5.50. The van der Waals surface area contributed by atoms with Gasteiger partial charge >= 0.3 is 0 Å². The predicted molar refractivity (Wildman–Crippen MR) is 102 cm³/mol. The maximum Gasteiger partial charge on any atom is 0.191 e. The normalized spacial score (nSPS) is 17.7. The van der Waals surface area contributed by atoms with Crippen molar-refractivity contribution in [2.45, 2.75) is 39.7 Å². The van der Waals surface area contributed by atoms with Gasteiger partial charge in [0.1, 0.15) is 5.76 Å². The van der Waals surface area contributed by atoms with Gasteiger partial charge in [-0.05, 0) is 31.4 Å². The van der Waals surface area contributed by atoms with Crippen molar-refractivity contribution in [3.05, 3.63) is 24.2 Å². The lowest BCUT2D eigenvalue weighted by Crippen LogP contribution is -2.46. The van der Waals surface area contributed by atoms with Crippen molar-refractivity contribution < 1.29 is 9.15 Å². The van der Waals surface area contributed by atoms with Gasteiger partial charge in [-0.1, -0.05) is 13.8 Å². The predicted octanol–water partition coefficient (Wildman–Crippen LogP) is 2.12. The van der Waals surface area contributed by atoms with Crippen LogP contribution in [0.1, 0.15) is 33.0 Å². The fourth-order valence-electron chi connectivity index (χ4n) is 3.12. The van der Waals surface area contributed by atoms with Gasteiger partial charge in [0.25, 0.3) is 0 Å². The Kier molecular flexibility index (Phi) is 8.83. The second-order valence-corrected chi connectivity index (χ2v) is 6.91. The summed E-state index contributed by atoms with van der Waals surface area (Å²) < 4.78 is 10.9. The molecule has 6 heteroatoms. The van der Waals surface area contributed by atoms with E-state index < -0.39 is 0 Å². The van der Waals surface area contributed by atoms with Crippen LogP contribution in [0.4, 0.5) is 0 Å². The molecule has 1 saturated heterocycles. The topological polar surface area (TPSA) is 62.0 Å². The minimum Gasteiger partial charge on any atom is -0.469 e. The zero-order valence-electron chi connectivity index (χ0n) is 16.0. The molecule has 0 spiro atoms. The number of nitrogens with one attached hydrogen (secondary N) is 2. The molecule has 0 saturated carbocycles. The molecule has 142 valence electrons. The van der Waals surface area contributed by atoms with Crippen molar-refractivity contribution in [1.29, 1.82) is 0 Å². The van der Waals surface area contributed by atoms with Gasteiger partial charge < -0.3 is 19.8 Å². The Hall–Kier alpha value is -1.53. The Morgan fingerprint density at radius 2 is 2.08 bits per heavy atom. The highest BCUT2D eigenvalue weighted by Crippen LogP contribution is 2.14. The Morgan fingerprint density at radius 3 is 2.72 bits per heavy atom. The van der Waals surface area contributed by atoms with E-state index in [1.54, 1.807) is 6.26 Å². The van der Waals surface area contributed by atoms with Gasteiger partial charge in [-0.15, -0.1) is 0 Å². The standard InChI is InChI=1S/C19H34N4O2/c1-4-20-19(21-8-7-18-6-5-11-25-18)22-15-17(14-16(2)3)23-9-12-24-13-10-23/h5-6,11,16-17H,4,7-10,12-15H2,1-3H3,(H2,20,21,22). The summed E-state index contributed by atoms with van der Waals surface area (Å²) in [5.74, 6) is 2.54. The van der Waals surface area contributed by atoms with Crippen molar-refractivity contribution in [2.75, 3.05) is 45.9 Å². The lowest BCUT2D eigenvalue weighted by molar-refractivity contribution is 0.0143. The van der Waals surface area contributed by atoms with Crippen molar-refractivity contribution in [2.24, 2.45) is 10.9 Å². The number of morpholine rings is 1. The summed E-state index contributed by atoms with van der Waals surface area (Å²) in [6.07, 6.45) is 3.74. The van der Waals surface area contributed by atoms with Crippen LogP contribution in [0, 0.1) is 5.92 Å². The zero-order valence-corrected chi connectivity index (χ0v) is 16.0. The summed E-state index contributed by atoms with van der Waals surface area (Å²) in [5, 5.41) is 6.75. The molecule has 0 aliphatic carbocycles. The Labute approximate surface area is 152 Å². The van der Waals surface area contributed by atoms with Crippen LogP contribution < -0.4 is 10.6 Å². The molecule has 1 fully saturated rings. The van der Waals surface area contributed by atoms with Crippen LogP contribution in [0.3, 0.4) is 0 Å². The molecule has 1 aliphatic heterocycles.